The van der Waals surface area contributed by atoms with Gasteiger partial charge in [0.25, 0.3) is 11.8 Å². The molecule has 1 heterocycles. The first-order chi connectivity index (χ1) is 11.6. The van der Waals surface area contributed by atoms with Gasteiger partial charge in [-0.05, 0) is 69.8 Å². The minimum absolute atomic E-state index is 0.133. The molecule has 5 aliphatic rings. The summed E-state index contributed by atoms with van der Waals surface area (Å²) in [7, 11) is 0. The quantitative estimate of drug-likeness (QED) is 0.482. The zero-order valence-corrected chi connectivity index (χ0v) is 14.3. The molecule has 24 heavy (non-hydrogen) atoms. The van der Waals surface area contributed by atoms with E-state index in [1.165, 1.54) is 12.3 Å². The molecule has 0 spiro atoms. The van der Waals surface area contributed by atoms with E-state index in [-0.39, 0.29) is 41.2 Å². The van der Waals surface area contributed by atoms with Gasteiger partial charge in [0, 0.05) is 0 Å². The maximum Gasteiger partial charge on any atom is 0.254 e. The van der Waals surface area contributed by atoms with Crippen molar-refractivity contribution in [1.82, 2.24) is 5.01 Å². The number of hydrogen-bond acceptors (Lipinski definition) is 4. The molecule has 0 unspecified atom stereocenters. The molecule has 6 atom stereocenters. The number of phenols is 1. The highest BCUT2D eigenvalue weighted by Crippen LogP contribution is 2.65. The lowest BCUT2D eigenvalue weighted by molar-refractivity contribution is -0.140. The summed E-state index contributed by atoms with van der Waals surface area (Å²) in [6.45, 7) is 0. The second kappa shape index (κ2) is 4.79. The minimum Gasteiger partial charge on any atom is -0.507 e. The number of aromatic hydroxyl groups is 1. The van der Waals surface area contributed by atoms with E-state index in [0.717, 1.165) is 11.4 Å². The van der Waals surface area contributed by atoms with Gasteiger partial charge in [0.1, 0.15) is 5.75 Å². The summed E-state index contributed by atoms with van der Waals surface area (Å²) in [5.74, 6) is 0.972. The van der Waals surface area contributed by atoms with Crippen LogP contribution >= 0.6 is 15.9 Å². The molecule has 0 radical (unpaired) electrons. The number of carbonyl (C=O) groups is 2. The van der Waals surface area contributed by atoms with E-state index in [0.29, 0.717) is 21.9 Å². The van der Waals surface area contributed by atoms with Gasteiger partial charge in [-0.15, -0.1) is 0 Å². The van der Waals surface area contributed by atoms with E-state index in [1.807, 2.05) is 0 Å². The number of halogens is 1. The molecule has 1 aromatic rings. The van der Waals surface area contributed by atoms with Crippen LogP contribution in [0.1, 0.15) is 12.0 Å². The Morgan fingerprint density at radius 3 is 2.33 bits per heavy atom. The molecule has 6 rings (SSSR count). The largest absolute Gasteiger partial charge is 0.507 e. The summed E-state index contributed by atoms with van der Waals surface area (Å²) in [4.78, 5) is 25.5. The van der Waals surface area contributed by atoms with Crippen LogP contribution in [-0.4, -0.2) is 28.1 Å². The third kappa shape index (κ3) is 1.83. The van der Waals surface area contributed by atoms with Crippen molar-refractivity contribution in [3.63, 3.8) is 0 Å². The van der Waals surface area contributed by atoms with Gasteiger partial charge in [-0.3, -0.25) is 9.59 Å². The Labute approximate surface area is 147 Å². The molecule has 5 nitrogen and oxygen atoms in total. The van der Waals surface area contributed by atoms with Crippen LogP contribution in [-0.2, 0) is 9.59 Å². The number of nitrogens with zero attached hydrogens (tertiary/aromatic N) is 2. The molecule has 1 N–H and O–H groups in total. The Hall–Kier alpha value is -1.95. The van der Waals surface area contributed by atoms with Gasteiger partial charge in [0.2, 0.25) is 0 Å². The van der Waals surface area contributed by atoms with Crippen LogP contribution in [0, 0.1) is 35.5 Å². The minimum atomic E-state index is -0.222. The maximum atomic E-state index is 12.8. The smallest absolute Gasteiger partial charge is 0.254 e. The number of imide groups is 1. The van der Waals surface area contributed by atoms with Gasteiger partial charge in [-0.1, -0.05) is 12.2 Å². The number of rotatable bonds is 2. The van der Waals surface area contributed by atoms with Crippen LogP contribution in [0.5, 0.6) is 5.75 Å². The SMILES string of the molecule is O=C1[C@@H]2[C@H]3C=C[C@@H]([C@@H]4C[C@@H]34)[C@H]2C(=O)N1/N=C\c1ccc(O)c(Br)c1. The average Bonchev–Trinajstić information content (AvgIpc) is 3.35. The molecule has 2 saturated carbocycles. The summed E-state index contributed by atoms with van der Waals surface area (Å²) >= 11 is 3.24. The van der Waals surface area contributed by atoms with E-state index < -0.39 is 0 Å². The number of phenolic OH excluding ortho intramolecular Hbond substituents is 1. The van der Waals surface area contributed by atoms with Gasteiger partial charge in [-0.2, -0.15) is 10.1 Å². The lowest BCUT2D eigenvalue weighted by Crippen LogP contribution is -2.40. The van der Waals surface area contributed by atoms with Crippen molar-refractivity contribution in [2.45, 2.75) is 6.42 Å². The third-order valence-electron chi connectivity index (χ3n) is 5.93. The monoisotopic (exact) mass is 386 g/mol. The molecular formula is C18H15BrN2O3. The van der Waals surface area contributed by atoms with E-state index in [4.69, 9.17) is 0 Å². The average molecular weight is 387 g/mol. The van der Waals surface area contributed by atoms with E-state index in [9.17, 15) is 14.7 Å². The van der Waals surface area contributed by atoms with Crippen LogP contribution in [0.2, 0.25) is 0 Å². The number of benzene rings is 1. The molecule has 1 aliphatic heterocycles. The van der Waals surface area contributed by atoms with Crippen molar-refractivity contribution < 1.29 is 14.7 Å². The number of hydrogen-bond donors (Lipinski definition) is 1. The number of allylic oxidation sites excluding steroid dienone is 2. The molecule has 1 saturated heterocycles. The summed E-state index contributed by atoms with van der Waals surface area (Å²) in [5.41, 5.74) is 0.707. The highest BCUT2D eigenvalue weighted by Gasteiger charge is 2.67. The fourth-order valence-electron chi connectivity index (χ4n) is 4.78. The Balaban J connectivity index is 1.44. The molecule has 2 amide bonds. The standard InChI is InChI=1S/C18H15BrN2O3/c19-13-5-8(1-4-14(13)22)7-20-21-17(23)15-9-2-3-10(12-6-11(9)12)16(15)18(21)24/h1-5,7,9-12,15-16,22H,6H2/b20-7-/t9-,10-,11-,12-,15+,16+/m0/s1. The summed E-state index contributed by atoms with van der Waals surface area (Å²) < 4.78 is 0.543. The highest BCUT2D eigenvalue weighted by molar-refractivity contribution is 9.10. The zero-order valence-electron chi connectivity index (χ0n) is 12.7. The second-order valence-electron chi connectivity index (χ2n) is 7.10. The molecular weight excluding hydrogens is 372 g/mol. The summed E-state index contributed by atoms with van der Waals surface area (Å²) in [6, 6.07) is 4.91. The highest BCUT2D eigenvalue weighted by atomic mass is 79.9. The van der Waals surface area contributed by atoms with Crippen LogP contribution in [0.3, 0.4) is 0 Å². The zero-order chi connectivity index (χ0) is 16.6. The predicted octanol–water partition coefficient (Wildman–Crippen LogP) is 2.54. The van der Waals surface area contributed by atoms with E-state index in [1.54, 1.807) is 12.1 Å². The first-order valence-corrected chi connectivity index (χ1v) is 8.94. The topological polar surface area (TPSA) is 70.0 Å². The lowest BCUT2D eigenvalue weighted by atomic mass is 9.63. The fourth-order valence-corrected chi connectivity index (χ4v) is 5.18. The first-order valence-electron chi connectivity index (χ1n) is 8.15. The van der Waals surface area contributed by atoms with Crippen LogP contribution < -0.4 is 0 Å². The molecule has 6 heteroatoms. The van der Waals surface area contributed by atoms with Crippen LogP contribution in [0.15, 0.2) is 39.9 Å². The van der Waals surface area contributed by atoms with Crippen molar-refractivity contribution in [1.29, 1.82) is 0 Å². The predicted molar refractivity (Wildman–Crippen MR) is 90.0 cm³/mol. The third-order valence-corrected chi connectivity index (χ3v) is 6.57. The first kappa shape index (κ1) is 14.4. The fraction of sp³-hybridized carbons (Fsp3) is 0.389. The van der Waals surface area contributed by atoms with Gasteiger partial charge >= 0.3 is 0 Å². The second-order valence-corrected chi connectivity index (χ2v) is 7.95. The molecule has 3 fully saturated rings. The van der Waals surface area contributed by atoms with Crippen LogP contribution in [0.25, 0.3) is 0 Å². The number of amides is 2. The van der Waals surface area contributed by atoms with E-state index >= 15 is 0 Å². The normalized spacial score (nSPS) is 38.8. The summed E-state index contributed by atoms with van der Waals surface area (Å²) in [6.07, 6.45) is 6.94. The molecule has 0 aromatic heterocycles. The Morgan fingerprint density at radius 1 is 1.12 bits per heavy atom. The molecule has 122 valence electrons. The maximum absolute atomic E-state index is 12.8. The van der Waals surface area contributed by atoms with Crippen molar-refractivity contribution >= 4 is 34.0 Å². The van der Waals surface area contributed by atoms with Crippen molar-refractivity contribution in [3.8, 4) is 5.75 Å². The molecule has 2 bridgehead atoms. The van der Waals surface area contributed by atoms with Gasteiger partial charge in [0.05, 0.1) is 22.5 Å². The molecule has 1 aromatic carbocycles. The number of carbonyl (C=O) groups excluding carboxylic acids is 2. The number of hydrazone groups is 1. The van der Waals surface area contributed by atoms with Gasteiger partial charge < -0.3 is 5.11 Å². The van der Waals surface area contributed by atoms with Gasteiger partial charge in [0.15, 0.2) is 0 Å². The Morgan fingerprint density at radius 2 is 1.75 bits per heavy atom. The van der Waals surface area contributed by atoms with Crippen molar-refractivity contribution in [3.05, 3.63) is 40.4 Å². The molecule has 4 aliphatic carbocycles. The van der Waals surface area contributed by atoms with Crippen LogP contribution in [0.4, 0.5) is 0 Å². The van der Waals surface area contributed by atoms with Crippen molar-refractivity contribution in [2.75, 3.05) is 0 Å². The lowest BCUT2D eigenvalue weighted by Gasteiger charge is -2.37. The Kier molecular flexibility index (Phi) is 2.87. The van der Waals surface area contributed by atoms with Gasteiger partial charge in [-0.25, -0.2) is 0 Å². The summed E-state index contributed by atoms with van der Waals surface area (Å²) in [5, 5.41) is 14.8. The Bertz CT molecular complexity index is 798. The van der Waals surface area contributed by atoms with Crippen molar-refractivity contribution in [2.24, 2.45) is 40.6 Å². The van der Waals surface area contributed by atoms with E-state index in [2.05, 4.69) is 33.2 Å².